The maximum absolute atomic E-state index is 13.6. The van der Waals surface area contributed by atoms with Crippen molar-refractivity contribution < 1.29 is 19.1 Å². The van der Waals surface area contributed by atoms with E-state index in [0.29, 0.717) is 35.0 Å². The summed E-state index contributed by atoms with van der Waals surface area (Å²) in [6.07, 6.45) is 2.85. The normalized spacial score (nSPS) is 19.0. The molecule has 1 unspecified atom stereocenters. The number of hydrogen-bond donors (Lipinski definition) is 0. The van der Waals surface area contributed by atoms with Gasteiger partial charge in [-0.3, -0.25) is 9.59 Å². The van der Waals surface area contributed by atoms with Crippen LogP contribution in [0.3, 0.4) is 0 Å². The average Bonchev–Trinajstić information content (AvgIpc) is 3.08. The van der Waals surface area contributed by atoms with Gasteiger partial charge in [-0.2, -0.15) is 0 Å². The van der Waals surface area contributed by atoms with Crippen LogP contribution in [0, 0.1) is 5.92 Å². The Hall–Kier alpha value is -3.41. The molecule has 0 aromatic heterocycles. The number of esters is 1. The van der Waals surface area contributed by atoms with Crippen LogP contribution in [0.2, 0.25) is 0 Å². The maximum Gasteiger partial charge on any atom is 0.338 e. The number of imide groups is 1. The summed E-state index contributed by atoms with van der Waals surface area (Å²) in [7, 11) is 0. The molecular formula is C26H28N2O4. The second-order valence-electron chi connectivity index (χ2n) is 8.41. The molecule has 2 aliphatic rings. The number of rotatable bonds is 6. The molecule has 1 atom stereocenters. The van der Waals surface area contributed by atoms with Gasteiger partial charge < -0.3 is 9.64 Å². The van der Waals surface area contributed by atoms with Crippen LogP contribution in [0.4, 0.5) is 5.69 Å². The molecule has 2 aromatic carbocycles. The SMILES string of the molecule is CCCOC(=O)c1ccc(N2C(=O)C(c3ccccc3)=C(N3CCCC(C)C3)C2=O)cc1. The molecule has 4 rings (SSSR count). The third-order valence-electron chi connectivity index (χ3n) is 5.89. The zero-order chi connectivity index (χ0) is 22.7. The van der Waals surface area contributed by atoms with Gasteiger partial charge in [-0.25, -0.2) is 9.69 Å². The van der Waals surface area contributed by atoms with Crippen molar-refractivity contribution in [3.63, 3.8) is 0 Å². The lowest BCUT2D eigenvalue weighted by molar-refractivity contribution is -0.120. The van der Waals surface area contributed by atoms with E-state index in [-0.39, 0.29) is 11.8 Å². The Morgan fingerprint density at radius 2 is 1.75 bits per heavy atom. The van der Waals surface area contributed by atoms with E-state index in [4.69, 9.17) is 4.74 Å². The minimum Gasteiger partial charge on any atom is -0.462 e. The molecule has 0 radical (unpaired) electrons. The largest absolute Gasteiger partial charge is 0.462 e. The van der Waals surface area contributed by atoms with E-state index < -0.39 is 5.97 Å². The summed E-state index contributed by atoms with van der Waals surface area (Å²) in [6, 6.07) is 15.8. The summed E-state index contributed by atoms with van der Waals surface area (Å²) in [5, 5.41) is 0. The Kier molecular flexibility index (Phi) is 6.40. The minimum atomic E-state index is -0.413. The van der Waals surface area contributed by atoms with Crippen molar-refractivity contribution in [2.45, 2.75) is 33.1 Å². The van der Waals surface area contributed by atoms with Gasteiger partial charge in [-0.05, 0) is 55.0 Å². The number of carbonyl (C=O) groups is 3. The van der Waals surface area contributed by atoms with Crippen LogP contribution in [0.5, 0.6) is 0 Å². The van der Waals surface area contributed by atoms with Gasteiger partial charge in [0.1, 0.15) is 5.70 Å². The zero-order valence-electron chi connectivity index (χ0n) is 18.5. The molecule has 2 aliphatic heterocycles. The first-order valence-electron chi connectivity index (χ1n) is 11.2. The molecule has 0 saturated carbocycles. The maximum atomic E-state index is 13.6. The first kappa shape index (κ1) is 21.8. The van der Waals surface area contributed by atoms with Gasteiger partial charge in [0, 0.05) is 13.1 Å². The molecular weight excluding hydrogens is 404 g/mol. The van der Waals surface area contributed by atoms with Crippen molar-refractivity contribution in [2.75, 3.05) is 24.6 Å². The fourth-order valence-electron chi connectivity index (χ4n) is 4.33. The van der Waals surface area contributed by atoms with E-state index in [1.165, 1.54) is 4.90 Å². The molecule has 32 heavy (non-hydrogen) atoms. The van der Waals surface area contributed by atoms with Crippen LogP contribution in [0.1, 0.15) is 49.0 Å². The van der Waals surface area contributed by atoms with Crippen LogP contribution in [0.15, 0.2) is 60.3 Å². The van der Waals surface area contributed by atoms with E-state index in [2.05, 4.69) is 11.8 Å². The second-order valence-corrected chi connectivity index (χ2v) is 8.41. The zero-order valence-corrected chi connectivity index (χ0v) is 18.5. The third kappa shape index (κ3) is 4.17. The predicted octanol–water partition coefficient (Wildman–Crippen LogP) is 4.27. The van der Waals surface area contributed by atoms with Crippen LogP contribution in [-0.4, -0.2) is 42.4 Å². The highest BCUT2D eigenvalue weighted by atomic mass is 16.5. The molecule has 1 saturated heterocycles. The van der Waals surface area contributed by atoms with Crippen molar-refractivity contribution >= 4 is 29.0 Å². The number of piperidine rings is 1. The standard InChI is InChI=1S/C26H28N2O4/c1-3-16-32-26(31)20-11-13-21(14-12-20)28-24(29)22(19-9-5-4-6-10-19)23(25(28)30)27-15-7-8-18(2)17-27/h4-6,9-14,18H,3,7-8,15-17H2,1-2H3. The van der Waals surface area contributed by atoms with Crippen LogP contribution >= 0.6 is 0 Å². The van der Waals surface area contributed by atoms with Gasteiger partial charge in [0.2, 0.25) is 0 Å². The number of benzene rings is 2. The molecule has 2 heterocycles. The van der Waals surface area contributed by atoms with Crippen molar-refractivity contribution in [3.8, 4) is 0 Å². The van der Waals surface area contributed by atoms with Crippen molar-refractivity contribution in [2.24, 2.45) is 5.92 Å². The number of carbonyl (C=O) groups excluding carboxylic acids is 3. The molecule has 0 aliphatic carbocycles. The van der Waals surface area contributed by atoms with E-state index in [1.54, 1.807) is 24.3 Å². The van der Waals surface area contributed by atoms with Crippen LogP contribution < -0.4 is 4.90 Å². The smallest absolute Gasteiger partial charge is 0.338 e. The summed E-state index contributed by atoms with van der Waals surface area (Å²) in [5.41, 5.74) is 2.49. The molecule has 2 amide bonds. The number of nitrogens with zero attached hydrogens (tertiary/aromatic N) is 2. The van der Waals surface area contributed by atoms with E-state index in [0.717, 1.165) is 37.9 Å². The lowest BCUT2D eigenvalue weighted by Crippen LogP contribution is -2.39. The first-order chi connectivity index (χ1) is 15.5. The highest BCUT2D eigenvalue weighted by Gasteiger charge is 2.43. The Bertz CT molecular complexity index is 1040. The molecule has 6 heteroatoms. The molecule has 0 N–H and O–H groups in total. The summed E-state index contributed by atoms with van der Waals surface area (Å²) in [6.45, 7) is 5.96. The lowest BCUT2D eigenvalue weighted by atomic mass is 9.98. The Morgan fingerprint density at radius 1 is 1.03 bits per heavy atom. The number of amides is 2. The van der Waals surface area contributed by atoms with Gasteiger partial charge in [-0.1, -0.05) is 44.2 Å². The molecule has 6 nitrogen and oxygen atoms in total. The topological polar surface area (TPSA) is 66.9 Å². The molecule has 0 spiro atoms. The highest BCUT2D eigenvalue weighted by molar-refractivity contribution is 6.45. The fourth-order valence-corrected chi connectivity index (χ4v) is 4.33. The number of ether oxygens (including phenoxy) is 1. The quantitative estimate of drug-likeness (QED) is 0.504. The van der Waals surface area contributed by atoms with Gasteiger partial charge in [-0.15, -0.1) is 0 Å². The van der Waals surface area contributed by atoms with Gasteiger partial charge in [0.15, 0.2) is 0 Å². The summed E-state index contributed by atoms with van der Waals surface area (Å²) in [5.74, 6) is -0.609. The number of anilines is 1. The summed E-state index contributed by atoms with van der Waals surface area (Å²) in [4.78, 5) is 42.5. The molecule has 1 fully saturated rings. The summed E-state index contributed by atoms with van der Waals surface area (Å²) < 4.78 is 5.16. The Labute approximate surface area is 188 Å². The Balaban J connectivity index is 1.68. The molecule has 0 bridgehead atoms. The Morgan fingerprint density at radius 3 is 2.41 bits per heavy atom. The number of hydrogen-bond acceptors (Lipinski definition) is 5. The summed E-state index contributed by atoms with van der Waals surface area (Å²) >= 11 is 0. The third-order valence-corrected chi connectivity index (χ3v) is 5.89. The number of likely N-dealkylation sites (tertiary alicyclic amines) is 1. The predicted molar refractivity (Wildman–Crippen MR) is 123 cm³/mol. The minimum absolute atomic E-state index is 0.315. The van der Waals surface area contributed by atoms with Crippen molar-refractivity contribution in [3.05, 3.63) is 71.4 Å². The van der Waals surface area contributed by atoms with Gasteiger partial charge >= 0.3 is 5.97 Å². The fraction of sp³-hybridized carbons (Fsp3) is 0.346. The van der Waals surface area contributed by atoms with E-state index in [9.17, 15) is 14.4 Å². The van der Waals surface area contributed by atoms with Crippen LogP contribution in [0.25, 0.3) is 5.57 Å². The van der Waals surface area contributed by atoms with Crippen molar-refractivity contribution in [1.82, 2.24) is 4.90 Å². The molecule has 2 aromatic rings. The second kappa shape index (κ2) is 9.39. The van der Waals surface area contributed by atoms with Gasteiger partial charge in [0.25, 0.3) is 11.8 Å². The lowest BCUT2D eigenvalue weighted by Gasteiger charge is -2.33. The highest BCUT2D eigenvalue weighted by Crippen LogP contribution is 2.36. The van der Waals surface area contributed by atoms with E-state index >= 15 is 0 Å². The monoisotopic (exact) mass is 432 g/mol. The van der Waals surface area contributed by atoms with E-state index in [1.807, 2.05) is 37.3 Å². The average molecular weight is 433 g/mol. The molecule has 166 valence electrons. The van der Waals surface area contributed by atoms with Crippen molar-refractivity contribution in [1.29, 1.82) is 0 Å². The van der Waals surface area contributed by atoms with Crippen LogP contribution in [-0.2, 0) is 14.3 Å². The first-order valence-corrected chi connectivity index (χ1v) is 11.2. The van der Waals surface area contributed by atoms with Gasteiger partial charge in [0.05, 0.1) is 23.4 Å².